The van der Waals surface area contributed by atoms with Crippen molar-refractivity contribution in [1.29, 1.82) is 0 Å². The first-order valence-corrected chi connectivity index (χ1v) is 7.34. The number of carbonyl (C=O) groups excluding carboxylic acids is 1. The molecule has 1 saturated heterocycles. The molecule has 1 fully saturated rings. The monoisotopic (exact) mass is 295 g/mol. The van der Waals surface area contributed by atoms with E-state index in [9.17, 15) is 14.3 Å². The lowest BCUT2D eigenvalue weighted by molar-refractivity contribution is -0.141. The number of rotatable bonds is 6. The lowest BCUT2D eigenvalue weighted by Gasteiger charge is -2.26. The highest BCUT2D eigenvalue weighted by Gasteiger charge is 2.27. The summed E-state index contributed by atoms with van der Waals surface area (Å²) in [7, 11) is 1.39. The van der Waals surface area contributed by atoms with Crippen LogP contribution in [-0.2, 0) is 9.53 Å². The smallest absolute Gasteiger partial charge is 0.306 e. The Labute approximate surface area is 124 Å². The van der Waals surface area contributed by atoms with Gasteiger partial charge in [0.05, 0.1) is 19.6 Å². The molecule has 2 rings (SSSR count). The fraction of sp³-hybridized carbons (Fsp3) is 0.562. The van der Waals surface area contributed by atoms with Crippen LogP contribution in [0, 0.1) is 5.82 Å². The Morgan fingerprint density at radius 3 is 2.86 bits per heavy atom. The molecule has 2 unspecified atom stereocenters. The minimum Gasteiger partial charge on any atom is -0.469 e. The highest BCUT2D eigenvalue weighted by molar-refractivity contribution is 5.69. The largest absolute Gasteiger partial charge is 0.469 e. The van der Waals surface area contributed by atoms with Gasteiger partial charge in [-0.15, -0.1) is 0 Å². The maximum absolute atomic E-state index is 12.9. The zero-order chi connectivity index (χ0) is 15.2. The van der Waals surface area contributed by atoms with E-state index in [1.54, 1.807) is 12.1 Å². The predicted molar refractivity (Wildman–Crippen MR) is 77.2 cm³/mol. The molecule has 1 aromatic rings. The molecule has 0 amide bonds. The molecule has 1 heterocycles. The van der Waals surface area contributed by atoms with Crippen molar-refractivity contribution in [3.05, 3.63) is 35.6 Å². The molecule has 5 heteroatoms. The molecule has 1 N–H and O–H groups in total. The second-order valence-electron chi connectivity index (χ2n) is 5.46. The van der Waals surface area contributed by atoms with E-state index >= 15 is 0 Å². The molecule has 0 spiro atoms. The number of likely N-dealkylation sites (tertiary alicyclic amines) is 1. The fourth-order valence-corrected chi connectivity index (χ4v) is 2.87. The summed E-state index contributed by atoms with van der Waals surface area (Å²) < 4.78 is 17.5. The Balaban J connectivity index is 1.88. The number of methoxy groups -OCH3 is 1. The third-order valence-electron chi connectivity index (χ3n) is 4.08. The first-order chi connectivity index (χ1) is 10.1. The average Bonchev–Trinajstić information content (AvgIpc) is 2.92. The first kappa shape index (κ1) is 15.9. The number of benzene rings is 1. The summed E-state index contributed by atoms with van der Waals surface area (Å²) >= 11 is 0. The van der Waals surface area contributed by atoms with Crippen LogP contribution in [0.25, 0.3) is 0 Å². The summed E-state index contributed by atoms with van der Waals surface area (Å²) in [6.45, 7) is 1.60. The first-order valence-electron chi connectivity index (χ1n) is 7.34. The molecule has 2 atom stereocenters. The van der Waals surface area contributed by atoms with Crippen molar-refractivity contribution in [2.24, 2.45) is 0 Å². The second kappa shape index (κ2) is 7.52. The van der Waals surface area contributed by atoms with Gasteiger partial charge >= 0.3 is 5.97 Å². The topological polar surface area (TPSA) is 49.8 Å². The molecule has 0 aromatic heterocycles. The SMILES string of the molecule is COC(=O)CCN1CCCC1CC(O)c1ccc(F)cc1. The van der Waals surface area contributed by atoms with Gasteiger partial charge in [0.25, 0.3) is 0 Å². The van der Waals surface area contributed by atoms with Gasteiger partial charge in [-0.2, -0.15) is 0 Å². The van der Waals surface area contributed by atoms with Crippen LogP contribution in [0.3, 0.4) is 0 Å². The van der Waals surface area contributed by atoms with Crippen LogP contribution in [0.5, 0.6) is 0 Å². The minimum absolute atomic E-state index is 0.209. The maximum atomic E-state index is 12.9. The Bertz CT molecular complexity index is 463. The Morgan fingerprint density at radius 1 is 1.48 bits per heavy atom. The number of aliphatic hydroxyl groups excluding tert-OH is 1. The van der Waals surface area contributed by atoms with Crippen molar-refractivity contribution < 1.29 is 19.0 Å². The molecule has 1 aromatic carbocycles. The summed E-state index contributed by atoms with van der Waals surface area (Å²) in [4.78, 5) is 13.4. The molecule has 0 saturated carbocycles. The van der Waals surface area contributed by atoms with Gasteiger partial charge in [-0.05, 0) is 43.5 Å². The van der Waals surface area contributed by atoms with Gasteiger partial charge in [-0.25, -0.2) is 4.39 Å². The molecular weight excluding hydrogens is 273 g/mol. The molecule has 116 valence electrons. The van der Waals surface area contributed by atoms with Gasteiger partial charge in [0.1, 0.15) is 5.82 Å². The van der Waals surface area contributed by atoms with Crippen LogP contribution < -0.4 is 0 Å². The molecule has 1 aliphatic rings. The van der Waals surface area contributed by atoms with Crippen LogP contribution in [0.4, 0.5) is 4.39 Å². The number of esters is 1. The minimum atomic E-state index is -0.602. The Hall–Kier alpha value is -1.46. The van der Waals surface area contributed by atoms with Gasteiger partial charge in [-0.1, -0.05) is 12.1 Å². The summed E-state index contributed by atoms with van der Waals surface area (Å²) in [5.41, 5.74) is 0.733. The van der Waals surface area contributed by atoms with E-state index in [1.165, 1.54) is 19.2 Å². The van der Waals surface area contributed by atoms with Crippen molar-refractivity contribution in [3.8, 4) is 0 Å². The molecule has 0 bridgehead atoms. The highest BCUT2D eigenvalue weighted by Crippen LogP contribution is 2.27. The number of ether oxygens (including phenoxy) is 1. The number of nitrogens with zero attached hydrogens (tertiary/aromatic N) is 1. The summed E-state index contributed by atoms with van der Waals surface area (Å²) in [6.07, 6.45) is 2.46. The molecule has 0 radical (unpaired) electrons. The second-order valence-corrected chi connectivity index (χ2v) is 5.46. The molecular formula is C16H22FNO3. The normalized spacial score (nSPS) is 20.4. The number of aliphatic hydroxyl groups is 1. The number of hydrogen-bond acceptors (Lipinski definition) is 4. The quantitative estimate of drug-likeness (QED) is 0.818. The zero-order valence-electron chi connectivity index (χ0n) is 12.3. The van der Waals surface area contributed by atoms with Crippen molar-refractivity contribution in [3.63, 3.8) is 0 Å². The van der Waals surface area contributed by atoms with Crippen LogP contribution in [0.15, 0.2) is 24.3 Å². The summed E-state index contributed by atoms with van der Waals surface area (Å²) in [5, 5.41) is 10.3. The van der Waals surface area contributed by atoms with Crippen LogP contribution in [0.1, 0.15) is 37.4 Å². The molecule has 1 aliphatic heterocycles. The molecule has 21 heavy (non-hydrogen) atoms. The fourth-order valence-electron chi connectivity index (χ4n) is 2.87. The predicted octanol–water partition coefficient (Wildman–Crippen LogP) is 2.28. The van der Waals surface area contributed by atoms with E-state index < -0.39 is 6.10 Å². The van der Waals surface area contributed by atoms with E-state index in [1.807, 2.05) is 0 Å². The van der Waals surface area contributed by atoms with E-state index in [-0.39, 0.29) is 17.8 Å². The summed E-state index contributed by atoms with van der Waals surface area (Å²) in [5.74, 6) is -0.508. The van der Waals surface area contributed by atoms with Gasteiger partial charge < -0.3 is 9.84 Å². The maximum Gasteiger partial charge on any atom is 0.306 e. The van der Waals surface area contributed by atoms with Crippen LogP contribution in [0.2, 0.25) is 0 Å². The number of hydrogen-bond donors (Lipinski definition) is 1. The van der Waals surface area contributed by atoms with Gasteiger partial charge in [0.2, 0.25) is 0 Å². The van der Waals surface area contributed by atoms with Gasteiger partial charge in [-0.3, -0.25) is 9.69 Å². The Morgan fingerprint density at radius 2 is 2.19 bits per heavy atom. The van der Waals surface area contributed by atoms with E-state index in [0.717, 1.165) is 24.9 Å². The van der Waals surface area contributed by atoms with Crippen molar-refractivity contribution in [2.75, 3.05) is 20.2 Å². The number of halogens is 1. The Kier molecular flexibility index (Phi) is 5.70. The van der Waals surface area contributed by atoms with Crippen molar-refractivity contribution >= 4 is 5.97 Å². The molecule has 4 nitrogen and oxygen atoms in total. The highest BCUT2D eigenvalue weighted by atomic mass is 19.1. The lowest BCUT2D eigenvalue weighted by Crippen LogP contribution is -2.32. The summed E-state index contributed by atoms with van der Waals surface area (Å²) in [6, 6.07) is 6.22. The number of carbonyl (C=O) groups is 1. The van der Waals surface area contributed by atoms with E-state index in [2.05, 4.69) is 9.64 Å². The van der Waals surface area contributed by atoms with Gasteiger partial charge in [0, 0.05) is 12.6 Å². The van der Waals surface area contributed by atoms with Crippen LogP contribution in [-0.4, -0.2) is 42.2 Å². The van der Waals surface area contributed by atoms with E-state index in [4.69, 9.17) is 0 Å². The third-order valence-corrected chi connectivity index (χ3v) is 4.08. The standard InChI is InChI=1S/C16H22FNO3/c1-21-16(20)8-10-18-9-2-3-14(18)11-15(19)12-4-6-13(17)7-5-12/h4-7,14-15,19H,2-3,8-11H2,1H3. The van der Waals surface area contributed by atoms with Crippen LogP contribution >= 0.6 is 0 Å². The lowest BCUT2D eigenvalue weighted by atomic mass is 10.0. The van der Waals surface area contributed by atoms with Crippen molar-refractivity contribution in [1.82, 2.24) is 4.90 Å². The van der Waals surface area contributed by atoms with E-state index in [0.29, 0.717) is 19.4 Å². The zero-order valence-corrected chi connectivity index (χ0v) is 12.3. The molecule has 0 aliphatic carbocycles. The average molecular weight is 295 g/mol. The van der Waals surface area contributed by atoms with Gasteiger partial charge in [0.15, 0.2) is 0 Å². The van der Waals surface area contributed by atoms with Crippen molar-refractivity contribution in [2.45, 2.75) is 37.8 Å². The third kappa shape index (κ3) is 4.51.